The van der Waals surface area contributed by atoms with E-state index in [0.717, 1.165) is 54.9 Å². The molecule has 3 aliphatic rings. The lowest BCUT2D eigenvalue weighted by molar-refractivity contribution is -0.116. The molecule has 0 spiro atoms. The maximum absolute atomic E-state index is 14.1. The molecule has 0 aromatic heterocycles. The van der Waals surface area contributed by atoms with Crippen LogP contribution in [0.5, 0.6) is 0 Å². The molecule has 2 atom stereocenters. The minimum Gasteiger partial charge on any atom is -0.371 e. The molecule has 2 amide bonds. The van der Waals surface area contributed by atoms with Crippen molar-refractivity contribution in [1.82, 2.24) is 0 Å². The van der Waals surface area contributed by atoms with E-state index in [1.54, 1.807) is 6.92 Å². The van der Waals surface area contributed by atoms with E-state index in [2.05, 4.69) is 41.0 Å². The molecule has 1 saturated heterocycles. The lowest BCUT2D eigenvalue weighted by Gasteiger charge is -2.39. The van der Waals surface area contributed by atoms with Crippen LogP contribution in [0.4, 0.5) is 17.1 Å². The van der Waals surface area contributed by atoms with E-state index in [4.69, 9.17) is 0 Å². The van der Waals surface area contributed by atoms with Crippen molar-refractivity contribution in [2.24, 2.45) is 5.92 Å². The summed E-state index contributed by atoms with van der Waals surface area (Å²) >= 11 is 0. The first-order chi connectivity index (χ1) is 16.0. The number of carbonyl (C=O) groups excluding carboxylic acids is 2. The molecular weight excluding hydrogens is 410 g/mol. The Kier molecular flexibility index (Phi) is 6.13. The van der Waals surface area contributed by atoms with Gasteiger partial charge in [0.25, 0.3) is 5.91 Å². The molecule has 174 valence electrons. The lowest BCUT2D eigenvalue weighted by Crippen LogP contribution is -2.45. The van der Waals surface area contributed by atoms with Crippen molar-refractivity contribution in [3.8, 4) is 0 Å². The van der Waals surface area contributed by atoms with Gasteiger partial charge in [-0.05, 0) is 80.0 Å². The van der Waals surface area contributed by atoms with Gasteiger partial charge in [0, 0.05) is 55.2 Å². The maximum atomic E-state index is 14.1. The molecule has 5 nitrogen and oxygen atoms in total. The quantitative estimate of drug-likeness (QED) is 0.631. The summed E-state index contributed by atoms with van der Waals surface area (Å²) in [4.78, 5) is 32.3. The number of benzene rings is 2. The van der Waals surface area contributed by atoms with Gasteiger partial charge in [-0.25, -0.2) is 0 Å². The molecule has 5 heteroatoms. The van der Waals surface area contributed by atoms with Crippen molar-refractivity contribution in [3.63, 3.8) is 0 Å². The van der Waals surface area contributed by atoms with Crippen molar-refractivity contribution in [3.05, 3.63) is 53.6 Å². The summed E-state index contributed by atoms with van der Waals surface area (Å²) in [6.07, 6.45) is 7.90. The second-order valence-electron chi connectivity index (χ2n) is 9.98. The summed E-state index contributed by atoms with van der Waals surface area (Å²) in [6.45, 7) is 6.78. The number of hydrogen-bond acceptors (Lipinski definition) is 3. The van der Waals surface area contributed by atoms with Crippen LogP contribution in [0.15, 0.2) is 42.5 Å². The zero-order valence-corrected chi connectivity index (χ0v) is 19.9. The summed E-state index contributed by atoms with van der Waals surface area (Å²) in [6, 6.07) is 14.7. The monoisotopic (exact) mass is 445 g/mol. The number of anilines is 3. The molecule has 2 aromatic rings. The fourth-order valence-electron chi connectivity index (χ4n) is 5.96. The topological polar surface area (TPSA) is 43.9 Å². The molecule has 5 rings (SSSR count). The Hall–Kier alpha value is -2.82. The molecule has 2 fully saturated rings. The summed E-state index contributed by atoms with van der Waals surface area (Å²) in [5.74, 6) is 0.612. The Morgan fingerprint density at radius 1 is 0.939 bits per heavy atom. The normalized spacial score (nSPS) is 22.4. The summed E-state index contributed by atoms with van der Waals surface area (Å²) in [7, 11) is 0. The summed E-state index contributed by atoms with van der Waals surface area (Å²) < 4.78 is 0. The van der Waals surface area contributed by atoms with E-state index in [-0.39, 0.29) is 17.9 Å². The first kappa shape index (κ1) is 22.0. The number of nitrogens with zero attached hydrogens (tertiary/aromatic N) is 3. The average Bonchev–Trinajstić information content (AvgIpc) is 3.50. The van der Waals surface area contributed by atoms with Crippen LogP contribution < -0.4 is 14.7 Å². The molecule has 0 N–H and O–H groups in total. The zero-order valence-electron chi connectivity index (χ0n) is 19.9. The van der Waals surface area contributed by atoms with Crippen molar-refractivity contribution in [2.45, 2.75) is 64.8 Å². The van der Waals surface area contributed by atoms with Crippen LogP contribution in [0.25, 0.3) is 0 Å². The maximum Gasteiger partial charge on any atom is 0.258 e. The van der Waals surface area contributed by atoms with Crippen LogP contribution in [-0.2, 0) is 11.2 Å². The van der Waals surface area contributed by atoms with Crippen molar-refractivity contribution in [2.75, 3.05) is 34.3 Å². The number of hydrogen-bond donors (Lipinski definition) is 0. The molecule has 1 aliphatic carbocycles. The predicted octanol–water partition coefficient (Wildman–Crippen LogP) is 5.42. The molecular formula is C28H35N3O2. The second-order valence-corrected chi connectivity index (χ2v) is 9.98. The average molecular weight is 446 g/mol. The van der Waals surface area contributed by atoms with Gasteiger partial charge in [0.1, 0.15) is 0 Å². The third kappa shape index (κ3) is 4.25. The van der Waals surface area contributed by atoms with Gasteiger partial charge in [0.05, 0.1) is 0 Å². The smallest absolute Gasteiger partial charge is 0.258 e. The third-order valence-electron chi connectivity index (χ3n) is 7.80. The molecule has 33 heavy (non-hydrogen) atoms. The molecule has 0 bridgehead atoms. The highest BCUT2D eigenvalue weighted by Crippen LogP contribution is 2.36. The highest BCUT2D eigenvalue weighted by Gasteiger charge is 2.33. The van der Waals surface area contributed by atoms with E-state index in [1.165, 1.54) is 31.4 Å². The van der Waals surface area contributed by atoms with E-state index in [0.29, 0.717) is 12.5 Å². The van der Waals surface area contributed by atoms with E-state index >= 15 is 0 Å². The van der Waals surface area contributed by atoms with Crippen LogP contribution in [0.3, 0.4) is 0 Å². The fourth-order valence-corrected chi connectivity index (χ4v) is 5.96. The molecule has 0 unspecified atom stereocenters. The molecule has 0 radical (unpaired) electrons. The zero-order chi connectivity index (χ0) is 22.9. The highest BCUT2D eigenvalue weighted by atomic mass is 16.2. The minimum absolute atomic E-state index is 0.0595. The minimum atomic E-state index is 0.0595. The van der Waals surface area contributed by atoms with Gasteiger partial charge in [-0.3, -0.25) is 9.59 Å². The van der Waals surface area contributed by atoms with Gasteiger partial charge in [0.2, 0.25) is 5.91 Å². The Balaban J connectivity index is 1.51. The molecule has 1 saturated carbocycles. The van der Waals surface area contributed by atoms with E-state index in [9.17, 15) is 9.59 Å². The molecule has 2 aromatic carbocycles. The van der Waals surface area contributed by atoms with Gasteiger partial charge in [-0.15, -0.1) is 0 Å². The second kappa shape index (κ2) is 9.20. The summed E-state index contributed by atoms with van der Waals surface area (Å²) in [5.41, 5.74) is 5.00. The lowest BCUT2D eigenvalue weighted by atomic mass is 9.84. The van der Waals surface area contributed by atoms with E-state index < -0.39 is 0 Å². The van der Waals surface area contributed by atoms with Crippen LogP contribution in [0, 0.1) is 5.92 Å². The van der Waals surface area contributed by atoms with Crippen molar-refractivity contribution < 1.29 is 9.59 Å². The highest BCUT2D eigenvalue weighted by molar-refractivity contribution is 6.07. The van der Waals surface area contributed by atoms with Crippen molar-refractivity contribution >= 4 is 28.9 Å². The Bertz CT molecular complexity index is 1040. The molecule has 2 heterocycles. The first-order valence-corrected chi connectivity index (χ1v) is 12.6. The van der Waals surface area contributed by atoms with Crippen LogP contribution in [0.1, 0.15) is 68.3 Å². The van der Waals surface area contributed by atoms with Gasteiger partial charge < -0.3 is 14.7 Å². The van der Waals surface area contributed by atoms with Crippen LogP contribution in [-0.4, -0.2) is 37.5 Å². The number of rotatable bonds is 4. The SMILES string of the molecule is CC(=O)N1CCc2cc(C(=O)N(c3cccc(N4CCCC4)c3)[C@@H]3CCCC[C@H]3C)ccc21. The van der Waals surface area contributed by atoms with Crippen LogP contribution in [0.2, 0.25) is 0 Å². The van der Waals surface area contributed by atoms with Gasteiger partial charge in [0.15, 0.2) is 0 Å². The van der Waals surface area contributed by atoms with Crippen molar-refractivity contribution in [1.29, 1.82) is 0 Å². The van der Waals surface area contributed by atoms with E-state index in [1.807, 2.05) is 23.1 Å². The number of carbonyl (C=O) groups is 2. The molecule has 2 aliphatic heterocycles. The van der Waals surface area contributed by atoms with Gasteiger partial charge in [-0.1, -0.05) is 25.8 Å². The van der Waals surface area contributed by atoms with Gasteiger partial charge in [-0.2, -0.15) is 0 Å². The Labute approximate surface area is 197 Å². The standard InChI is InChI=1S/C28H35N3O2/c1-20-8-3-4-11-26(20)31(25-10-7-9-24(19-25)29-15-5-6-16-29)28(33)23-12-13-27-22(18-23)14-17-30(27)21(2)32/h7,9-10,12-13,18-20,26H,3-6,8,11,14-17H2,1-2H3/t20-,26-/m1/s1. The number of fused-ring (bicyclic) bond motifs is 1. The Morgan fingerprint density at radius 3 is 2.48 bits per heavy atom. The predicted molar refractivity (Wildman–Crippen MR) is 134 cm³/mol. The fraction of sp³-hybridized carbons (Fsp3) is 0.500. The number of amides is 2. The largest absolute Gasteiger partial charge is 0.371 e. The first-order valence-electron chi connectivity index (χ1n) is 12.6. The van der Waals surface area contributed by atoms with Crippen LogP contribution >= 0.6 is 0 Å². The summed E-state index contributed by atoms with van der Waals surface area (Å²) in [5, 5.41) is 0. The third-order valence-corrected chi connectivity index (χ3v) is 7.80. The van der Waals surface area contributed by atoms with Gasteiger partial charge >= 0.3 is 0 Å². The Morgan fingerprint density at radius 2 is 1.73 bits per heavy atom.